The van der Waals surface area contributed by atoms with Gasteiger partial charge in [-0.1, -0.05) is 48.7 Å². The number of amides is 1. The number of anilines is 1. The first-order valence-electron chi connectivity index (χ1n) is 9.76. The number of hydrogen-bond acceptors (Lipinski definition) is 3. The molecule has 0 aliphatic carbocycles. The van der Waals surface area contributed by atoms with E-state index in [0.717, 1.165) is 6.42 Å². The SMILES string of the molecule is CCCC[n+]1c(-c2ccc(Cl)cc2)oc(NC(=O)C(F)(F)F)c1C(O)c1ccc(Cl)cc1. The van der Waals surface area contributed by atoms with Crippen LogP contribution in [0.4, 0.5) is 19.1 Å². The van der Waals surface area contributed by atoms with Crippen molar-refractivity contribution >= 4 is 35.0 Å². The Balaban J connectivity index is 2.19. The van der Waals surface area contributed by atoms with Crippen LogP contribution in [0.25, 0.3) is 11.5 Å². The van der Waals surface area contributed by atoms with Gasteiger partial charge in [0.1, 0.15) is 0 Å². The first kappa shape index (κ1) is 24.1. The molecule has 170 valence electrons. The number of aromatic nitrogens is 1. The minimum Gasteiger partial charge on any atom is -0.380 e. The first-order valence-corrected chi connectivity index (χ1v) is 10.5. The molecule has 0 radical (unpaired) electrons. The van der Waals surface area contributed by atoms with Gasteiger partial charge in [0.15, 0.2) is 12.6 Å². The van der Waals surface area contributed by atoms with Crippen LogP contribution >= 0.6 is 23.2 Å². The molecule has 10 heteroatoms. The van der Waals surface area contributed by atoms with E-state index in [2.05, 4.69) is 0 Å². The molecule has 2 N–H and O–H groups in total. The summed E-state index contributed by atoms with van der Waals surface area (Å²) in [6.07, 6.45) is -5.10. The topological polar surface area (TPSA) is 66.3 Å². The Morgan fingerprint density at radius 3 is 2.19 bits per heavy atom. The van der Waals surface area contributed by atoms with Crippen molar-refractivity contribution in [3.63, 3.8) is 0 Å². The van der Waals surface area contributed by atoms with Crippen LogP contribution in [0.1, 0.15) is 37.1 Å². The van der Waals surface area contributed by atoms with Gasteiger partial charge in [0.05, 0.1) is 5.56 Å². The monoisotopic (exact) mass is 487 g/mol. The van der Waals surface area contributed by atoms with Crippen LogP contribution in [-0.4, -0.2) is 17.2 Å². The molecule has 1 aromatic heterocycles. The largest absolute Gasteiger partial charge is 0.471 e. The lowest BCUT2D eigenvalue weighted by Crippen LogP contribution is -2.40. The van der Waals surface area contributed by atoms with Crippen molar-refractivity contribution < 1.29 is 32.1 Å². The second-order valence-electron chi connectivity index (χ2n) is 7.04. The number of hydrogen-bond donors (Lipinski definition) is 2. The smallest absolute Gasteiger partial charge is 0.380 e. The third-order valence-corrected chi connectivity index (χ3v) is 5.23. The molecule has 1 amide bonds. The first-order chi connectivity index (χ1) is 15.1. The highest BCUT2D eigenvalue weighted by Gasteiger charge is 2.43. The van der Waals surface area contributed by atoms with E-state index < -0.39 is 24.1 Å². The fraction of sp³-hybridized carbons (Fsp3) is 0.273. The van der Waals surface area contributed by atoms with Crippen LogP contribution in [0.15, 0.2) is 52.9 Å². The number of nitrogens with one attached hydrogen (secondary N) is 1. The van der Waals surface area contributed by atoms with Crippen LogP contribution in [-0.2, 0) is 11.3 Å². The normalized spacial score (nSPS) is 12.6. The van der Waals surface area contributed by atoms with Crippen molar-refractivity contribution in [3.05, 3.63) is 69.8 Å². The second kappa shape index (κ2) is 9.94. The van der Waals surface area contributed by atoms with Crippen LogP contribution in [0.5, 0.6) is 0 Å². The van der Waals surface area contributed by atoms with Crippen molar-refractivity contribution in [1.82, 2.24) is 0 Å². The van der Waals surface area contributed by atoms with E-state index in [1.807, 2.05) is 6.92 Å². The summed E-state index contributed by atoms with van der Waals surface area (Å²) in [5.41, 5.74) is 0.872. The van der Waals surface area contributed by atoms with Gasteiger partial charge in [0, 0.05) is 16.5 Å². The Bertz CT molecular complexity index is 1080. The van der Waals surface area contributed by atoms with Gasteiger partial charge >= 0.3 is 18.0 Å². The zero-order valence-electron chi connectivity index (χ0n) is 16.9. The number of aliphatic hydroxyl groups excluding tert-OH is 1. The molecule has 32 heavy (non-hydrogen) atoms. The summed E-state index contributed by atoms with van der Waals surface area (Å²) in [7, 11) is 0. The Hall–Kier alpha value is -2.55. The molecule has 5 nitrogen and oxygen atoms in total. The quantitative estimate of drug-likeness (QED) is 0.406. The lowest BCUT2D eigenvalue weighted by Gasteiger charge is -2.10. The van der Waals surface area contributed by atoms with E-state index in [-0.39, 0.29) is 11.6 Å². The molecule has 1 heterocycles. The number of halogens is 5. The van der Waals surface area contributed by atoms with Gasteiger partial charge in [-0.3, -0.25) is 10.1 Å². The average Bonchev–Trinajstić information content (AvgIpc) is 3.10. The van der Waals surface area contributed by atoms with Gasteiger partial charge in [0.25, 0.3) is 11.6 Å². The van der Waals surface area contributed by atoms with Crippen LogP contribution in [0.2, 0.25) is 10.0 Å². The summed E-state index contributed by atoms with van der Waals surface area (Å²) in [4.78, 5) is 11.7. The van der Waals surface area contributed by atoms with E-state index >= 15 is 0 Å². The molecule has 0 fully saturated rings. The highest BCUT2D eigenvalue weighted by Crippen LogP contribution is 2.33. The fourth-order valence-corrected chi connectivity index (χ4v) is 3.37. The van der Waals surface area contributed by atoms with Gasteiger partial charge in [0.2, 0.25) is 0 Å². The standard InChI is InChI=1S/C22H19Cl2F3N2O3/c1-2-3-12-29-17(18(30)13-4-8-15(23)9-5-13)19(28-21(31)22(25,26)27)32-20(29)14-6-10-16(24)11-7-14/h4-11,18,30H,2-3,12H2,1H3/p+1. The Morgan fingerprint density at radius 1 is 1.09 bits per heavy atom. The maximum Gasteiger partial charge on any atom is 0.471 e. The molecule has 0 bridgehead atoms. The number of alkyl halides is 3. The highest BCUT2D eigenvalue weighted by molar-refractivity contribution is 6.30. The Kier molecular flexibility index (Phi) is 7.48. The molecule has 1 unspecified atom stereocenters. The minimum absolute atomic E-state index is 0.0108. The number of unbranched alkanes of at least 4 members (excludes halogenated alkanes) is 1. The summed E-state index contributed by atoms with van der Waals surface area (Å²) >= 11 is 11.9. The summed E-state index contributed by atoms with van der Waals surface area (Å²) in [6.45, 7) is 2.28. The molecular weight excluding hydrogens is 468 g/mol. The summed E-state index contributed by atoms with van der Waals surface area (Å²) in [6, 6.07) is 12.7. The summed E-state index contributed by atoms with van der Waals surface area (Å²) < 4.78 is 46.2. The van der Waals surface area contributed by atoms with E-state index in [1.54, 1.807) is 58.4 Å². The number of carbonyl (C=O) groups is 1. The number of benzene rings is 2. The van der Waals surface area contributed by atoms with Gasteiger partial charge in [-0.05, 0) is 42.0 Å². The average molecular weight is 488 g/mol. The molecule has 3 aromatic rings. The summed E-state index contributed by atoms with van der Waals surface area (Å²) in [5.74, 6) is -2.52. The van der Waals surface area contributed by atoms with E-state index in [9.17, 15) is 23.1 Å². The Morgan fingerprint density at radius 2 is 1.66 bits per heavy atom. The molecule has 0 aliphatic rings. The summed E-state index contributed by atoms with van der Waals surface area (Å²) in [5, 5.41) is 13.7. The van der Waals surface area contributed by atoms with Crippen molar-refractivity contribution in [3.8, 4) is 11.5 Å². The number of oxazole rings is 1. The molecule has 0 aliphatic heterocycles. The maximum absolute atomic E-state index is 13.0. The van der Waals surface area contributed by atoms with Crippen molar-refractivity contribution in [2.45, 2.75) is 38.6 Å². The maximum atomic E-state index is 13.0. The van der Waals surface area contributed by atoms with Crippen molar-refractivity contribution in [1.29, 1.82) is 0 Å². The molecular formula is C22H20Cl2F3N2O3+. The zero-order chi connectivity index (χ0) is 23.5. The number of carbonyl (C=O) groups excluding carboxylic acids is 1. The number of aliphatic hydroxyl groups is 1. The Labute approximate surface area is 192 Å². The highest BCUT2D eigenvalue weighted by atomic mass is 35.5. The molecule has 0 spiro atoms. The number of rotatable bonds is 7. The van der Waals surface area contributed by atoms with E-state index in [4.69, 9.17) is 27.6 Å². The molecule has 0 saturated carbocycles. The third kappa shape index (κ3) is 5.43. The predicted octanol–water partition coefficient (Wildman–Crippen LogP) is 5.92. The molecule has 1 atom stereocenters. The minimum atomic E-state index is -5.13. The van der Waals surface area contributed by atoms with Crippen molar-refractivity contribution in [2.24, 2.45) is 0 Å². The van der Waals surface area contributed by atoms with Gasteiger partial charge in [-0.2, -0.15) is 17.7 Å². The van der Waals surface area contributed by atoms with Crippen molar-refractivity contribution in [2.75, 3.05) is 5.32 Å². The second-order valence-corrected chi connectivity index (χ2v) is 7.91. The zero-order valence-corrected chi connectivity index (χ0v) is 18.4. The van der Waals surface area contributed by atoms with Crippen LogP contribution < -0.4 is 9.88 Å². The molecule has 0 saturated heterocycles. The van der Waals surface area contributed by atoms with Crippen LogP contribution in [0.3, 0.4) is 0 Å². The number of nitrogens with zero attached hydrogens (tertiary/aromatic N) is 1. The fourth-order valence-electron chi connectivity index (χ4n) is 3.12. The third-order valence-electron chi connectivity index (χ3n) is 4.72. The van der Waals surface area contributed by atoms with Crippen LogP contribution in [0, 0.1) is 0 Å². The van der Waals surface area contributed by atoms with Gasteiger partial charge in [-0.25, -0.2) is 0 Å². The lowest BCUT2D eigenvalue weighted by atomic mass is 10.1. The van der Waals surface area contributed by atoms with E-state index in [1.165, 1.54) is 0 Å². The van der Waals surface area contributed by atoms with Gasteiger partial charge < -0.3 is 9.52 Å². The van der Waals surface area contributed by atoms with Gasteiger partial charge in [-0.15, -0.1) is 0 Å². The van der Waals surface area contributed by atoms with E-state index in [0.29, 0.717) is 34.1 Å². The predicted molar refractivity (Wildman–Crippen MR) is 114 cm³/mol. The molecule has 3 rings (SSSR count). The lowest BCUT2D eigenvalue weighted by molar-refractivity contribution is -0.698. The molecule has 2 aromatic carbocycles.